The maximum Gasteiger partial charge on any atom is 0.167 e. The lowest BCUT2D eigenvalue weighted by Crippen LogP contribution is -2.13. The predicted molar refractivity (Wildman–Crippen MR) is 79.1 cm³/mol. The van der Waals surface area contributed by atoms with Crippen molar-refractivity contribution >= 4 is 0 Å². The Morgan fingerprint density at radius 2 is 1.71 bits per heavy atom. The van der Waals surface area contributed by atoms with Crippen molar-refractivity contribution in [2.75, 3.05) is 6.54 Å². The zero-order valence-corrected chi connectivity index (χ0v) is 12.0. The van der Waals surface area contributed by atoms with E-state index in [0.29, 0.717) is 0 Å². The largest absolute Gasteiger partial charge is 0.486 e. The monoisotopic (exact) mass is 291 g/mol. The molecule has 112 valence electrons. The smallest absolute Gasteiger partial charge is 0.167 e. The highest BCUT2D eigenvalue weighted by atomic mass is 19.1. The van der Waals surface area contributed by atoms with E-state index in [1.165, 1.54) is 17.7 Å². The summed E-state index contributed by atoms with van der Waals surface area (Å²) in [5.41, 5.74) is 2.14. The van der Waals surface area contributed by atoms with Gasteiger partial charge in [0.2, 0.25) is 0 Å². The van der Waals surface area contributed by atoms with Gasteiger partial charge in [0, 0.05) is 12.6 Å². The molecule has 0 aliphatic carbocycles. The van der Waals surface area contributed by atoms with Crippen LogP contribution in [0.5, 0.6) is 5.75 Å². The lowest BCUT2D eigenvalue weighted by atomic mass is 10.1. The summed E-state index contributed by atoms with van der Waals surface area (Å²) in [5, 5.41) is 3.33. The number of nitrogens with one attached hydrogen (secondary N) is 1. The van der Waals surface area contributed by atoms with Gasteiger partial charge in [0.05, 0.1) is 0 Å². The fraction of sp³-hybridized carbons (Fsp3) is 0.294. The molecule has 0 heterocycles. The third-order valence-corrected chi connectivity index (χ3v) is 3.07. The van der Waals surface area contributed by atoms with Crippen molar-refractivity contribution in [2.24, 2.45) is 0 Å². The molecule has 0 fully saturated rings. The van der Waals surface area contributed by atoms with Crippen molar-refractivity contribution in [1.82, 2.24) is 5.32 Å². The third-order valence-electron chi connectivity index (χ3n) is 3.07. The van der Waals surface area contributed by atoms with Gasteiger partial charge < -0.3 is 10.1 Å². The number of ether oxygens (including phenoxy) is 1. The number of rotatable bonds is 7. The molecule has 0 aromatic heterocycles. The number of benzene rings is 2. The van der Waals surface area contributed by atoms with Gasteiger partial charge in [-0.25, -0.2) is 8.78 Å². The normalized spacial score (nSPS) is 10.6. The van der Waals surface area contributed by atoms with Crippen molar-refractivity contribution in [2.45, 2.75) is 26.5 Å². The van der Waals surface area contributed by atoms with Gasteiger partial charge in [0.1, 0.15) is 12.4 Å². The first kappa shape index (κ1) is 15.4. The predicted octanol–water partition coefficient (Wildman–Crippen LogP) is 4.04. The zero-order valence-electron chi connectivity index (χ0n) is 12.0. The second kappa shape index (κ2) is 7.74. The van der Waals surface area contributed by atoms with E-state index in [4.69, 9.17) is 4.74 Å². The van der Waals surface area contributed by atoms with Crippen molar-refractivity contribution < 1.29 is 13.5 Å². The van der Waals surface area contributed by atoms with E-state index in [2.05, 4.69) is 12.2 Å². The molecule has 2 aromatic rings. The first-order valence-corrected chi connectivity index (χ1v) is 7.05. The van der Waals surface area contributed by atoms with Crippen LogP contribution in [0.25, 0.3) is 0 Å². The molecule has 0 radical (unpaired) electrons. The molecule has 0 atom stereocenters. The van der Waals surface area contributed by atoms with E-state index in [1.54, 1.807) is 0 Å². The maximum absolute atomic E-state index is 13.4. The standard InChI is InChI=1S/C17H19F2NO/c1-2-9-20-11-13-3-5-14(6-4-13)12-21-17-8-7-15(18)10-16(17)19/h3-8,10,20H,2,9,11-12H2,1H3. The first-order valence-electron chi connectivity index (χ1n) is 7.05. The van der Waals surface area contributed by atoms with Gasteiger partial charge >= 0.3 is 0 Å². The first-order chi connectivity index (χ1) is 10.2. The summed E-state index contributed by atoms with van der Waals surface area (Å²) in [7, 11) is 0. The Bertz CT molecular complexity index is 570. The van der Waals surface area contributed by atoms with Crippen LogP contribution in [0.15, 0.2) is 42.5 Å². The van der Waals surface area contributed by atoms with E-state index in [0.717, 1.165) is 31.1 Å². The second-order valence-corrected chi connectivity index (χ2v) is 4.86. The van der Waals surface area contributed by atoms with Gasteiger partial charge in [-0.05, 0) is 36.2 Å². The molecule has 1 N–H and O–H groups in total. The van der Waals surface area contributed by atoms with Crippen LogP contribution in [0, 0.1) is 11.6 Å². The van der Waals surface area contributed by atoms with Crippen LogP contribution >= 0.6 is 0 Å². The van der Waals surface area contributed by atoms with E-state index in [9.17, 15) is 8.78 Å². The Morgan fingerprint density at radius 1 is 1.00 bits per heavy atom. The van der Waals surface area contributed by atoms with Crippen LogP contribution in [0.2, 0.25) is 0 Å². The topological polar surface area (TPSA) is 21.3 Å². The van der Waals surface area contributed by atoms with Gasteiger partial charge in [-0.15, -0.1) is 0 Å². The average Bonchev–Trinajstić information content (AvgIpc) is 2.48. The fourth-order valence-electron chi connectivity index (χ4n) is 1.92. The summed E-state index contributed by atoms with van der Waals surface area (Å²) in [5.74, 6) is -1.23. The summed E-state index contributed by atoms with van der Waals surface area (Å²) >= 11 is 0. The number of halogens is 2. The summed E-state index contributed by atoms with van der Waals surface area (Å²) in [6.07, 6.45) is 1.11. The minimum atomic E-state index is -0.685. The van der Waals surface area contributed by atoms with E-state index >= 15 is 0 Å². The van der Waals surface area contributed by atoms with Gasteiger partial charge in [0.25, 0.3) is 0 Å². The molecule has 0 bridgehead atoms. The molecule has 0 aliphatic rings. The molecule has 2 nitrogen and oxygen atoms in total. The van der Waals surface area contributed by atoms with Crippen LogP contribution < -0.4 is 10.1 Å². The molecule has 0 saturated heterocycles. The van der Waals surface area contributed by atoms with Crippen LogP contribution in [0.1, 0.15) is 24.5 Å². The van der Waals surface area contributed by atoms with Crippen molar-refractivity contribution in [3.05, 3.63) is 65.2 Å². The van der Waals surface area contributed by atoms with Gasteiger partial charge in [0.15, 0.2) is 11.6 Å². The van der Waals surface area contributed by atoms with E-state index in [1.807, 2.05) is 24.3 Å². The SMILES string of the molecule is CCCNCc1ccc(COc2ccc(F)cc2F)cc1. The molecule has 0 aliphatic heterocycles. The summed E-state index contributed by atoms with van der Waals surface area (Å²) in [6, 6.07) is 11.2. The molecule has 0 saturated carbocycles. The zero-order chi connectivity index (χ0) is 15.1. The summed E-state index contributed by atoms with van der Waals surface area (Å²) < 4.78 is 31.6. The Morgan fingerprint density at radius 3 is 2.38 bits per heavy atom. The molecule has 2 aromatic carbocycles. The minimum absolute atomic E-state index is 0.0603. The molecular weight excluding hydrogens is 272 g/mol. The Labute approximate surface area is 123 Å². The average molecular weight is 291 g/mol. The Balaban J connectivity index is 1.88. The second-order valence-electron chi connectivity index (χ2n) is 4.86. The minimum Gasteiger partial charge on any atom is -0.486 e. The van der Waals surface area contributed by atoms with Crippen LogP contribution in [-0.2, 0) is 13.2 Å². The van der Waals surface area contributed by atoms with Gasteiger partial charge in [-0.2, -0.15) is 0 Å². The van der Waals surface area contributed by atoms with Gasteiger partial charge in [-0.3, -0.25) is 0 Å². The summed E-state index contributed by atoms with van der Waals surface area (Å²) in [6.45, 7) is 4.21. The molecule has 0 unspecified atom stereocenters. The molecule has 2 rings (SSSR count). The highest BCUT2D eigenvalue weighted by Gasteiger charge is 2.05. The van der Waals surface area contributed by atoms with Crippen LogP contribution in [0.4, 0.5) is 8.78 Å². The molecule has 0 amide bonds. The molecule has 0 spiro atoms. The third kappa shape index (κ3) is 4.83. The van der Waals surface area contributed by atoms with Gasteiger partial charge in [-0.1, -0.05) is 31.2 Å². The highest BCUT2D eigenvalue weighted by Crippen LogP contribution is 2.19. The van der Waals surface area contributed by atoms with Crippen LogP contribution in [0.3, 0.4) is 0 Å². The van der Waals surface area contributed by atoms with Crippen molar-refractivity contribution in [1.29, 1.82) is 0 Å². The summed E-state index contributed by atoms with van der Waals surface area (Å²) in [4.78, 5) is 0. The Kier molecular flexibility index (Phi) is 5.69. The lowest BCUT2D eigenvalue weighted by Gasteiger charge is -2.08. The Hall–Kier alpha value is -1.94. The maximum atomic E-state index is 13.4. The van der Waals surface area contributed by atoms with Crippen LogP contribution in [-0.4, -0.2) is 6.54 Å². The molecule has 21 heavy (non-hydrogen) atoms. The fourth-order valence-corrected chi connectivity index (χ4v) is 1.92. The molecule has 4 heteroatoms. The van der Waals surface area contributed by atoms with Crippen molar-refractivity contribution in [3.63, 3.8) is 0 Å². The number of hydrogen-bond donors (Lipinski definition) is 1. The van der Waals surface area contributed by atoms with E-state index in [-0.39, 0.29) is 12.4 Å². The van der Waals surface area contributed by atoms with Crippen molar-refractivity contribution in [3.8, 4) is 5.75 Å². The lowest BCUT2D eigenvalue weighted by molar-refractivity contribution is 0.289. The highest BCUT2D eigenvalue weighted by molar-refractivity contribution is 5.26. The number of hydrogen-bond acceptors (Lipinski definition) is 2. The van der Waals surface area contributed by atoms with E-state index < -0.39 is 11.6 Å². The quantitative estimate of drug-likeness (QED) is 0.777. The molecular formula is C17H19F2NO.